The van der Waals surface area contributed by atoms with Crippen LogP contribution < -0.4 is 16.4 Å². The number of carbonyl (C=O) groups excluding carboxylic acids is 2. The first-order valence-electron chi connectivity index (χ1n) is 10.0. The van der Waals surface area contributed by atoms with Crippen molar-refractivity contribution in [3.05, 3.63) is 95.8 Å². The van der Waals surface area contributed by atoms with E-state index in [1.807, 2.05) is 65.6 Å². The molecule has 0 heterocycles. The highest BCUT2D eigenvalue weighted by molar-refractivity contribution is 5.95. The first kappa shape index (κ1) is 22.9. The predicted molar refractivity (Wildman–Crippen MR) is 120 cm³/mol. The van der Waals surface area contributed by atoms with E-state index in [0.717, 1.165) is 17.2 Å². The Bertz CT molecular complexity index is 1010. The molecule has 0 aliphatic carbocycles. The number of rotatable bonds is 9. The number of hydrogen-bond donors (Lipinski definition) is 3. The highest BCUT2D eigenvalue weighted by Gasteiger charge is 2.22. The molecule has 1 unspecified atom stereocenters. The number of nitrogens with two attached hydrogens (primary N) is 1. The molecule has 0 bridgehead atoms. The lowest BCUT2D eigenvalue weighted by atomic mass is 10.1. The number of primary amides is 1. The lowest BCUT2D eigenvalue weighted by molar-refractivity contribution is -0.121. The zero-order valence-electron chi connectivity index (χ0n) is 17.3. The first-order valence-corrected chi connectivity index (χ1v) is 10.0. The highest BCUT2D eigenvalue weighted by Crippen LogP contribution is 2.20. The number of alkyl halides is 1. The second-order valence-electron chi connectivity index (χ2n) is 7.28. The van der Waals surface area contributed by atoms with Crippen molar-refractivity contribution in [3.63, 3.8) is 0 Å². The van der Waals surface area contributed by atoms with Gasteiger partial charge in [0.2, 0.25) is 0 Å². The van der Waals surface area contributed by atoms with Gasteiger partial charge in [-0.05, 0) is 29.3 Å². The summed E-state index contributed by atoms with van der Waals surface area (Å²) >= 11 is 0. The summed E-state index contributed by atoms with van der Waals surface area (Å²) in [7, 11) is 0. The van der Waals surface area contributed by atoms with Gasteiger partial charge in [-0.15, -0.1) is 0 Å². The van der Waals surface area contributed by atoms with Gasteiger partial charge in [-0.3, -0.25) is 9.69 Å². The summed E-state index contributed by atoms with van der Waals surface area (Å²) in [5.41, 5.74) is 6.93. The van der Waals surface area contributed by atoms with Crippen molar-refractivity contribution in [3.8, 4) is 0 Å². The maximum absolute atomic E-state index is 14.9. The fourth-order valence-corrected chi connectivity index (χ4v) is 3.23. The maximum Gasteiger partial charge on any atom is 0.316 e. The molecule has 0 spiro atoms. The van der Waals surface area contributed by atoms with Crippen LogP contribution in [0.5, 0.6) is 0 Å². The number of nitrogens with one attached hydrogen (secondary N) is 2. The van der Waals surface area contributed by atoms with E-state index in [-0.39, 0.29) is 17.9 Å². The number of amides is 3. The molecule has 3 aromatic carbocycles. The van der Waals surface area contributed by atoms with Crippen LogP contribution >= 0.6 is 0 Å². The van der Waals surface area contributed by atoms with Crippen LogP contribution in [-0.4, -0.2) is 29.6 Å². The molecule has 3 amide bonds. The van der Waals surface area contributed by atoms with Crippen LogP contribution in [-0.2, 0) is 17.9 Å². The smallest absolute Gasteiger partial charge is 0.316 e. The van der Waals surface area contributed by atoms with Gasteiger partial charge >= 0.3 is 6.03 Å². The number of benzene rings is 3. The molecular weight excluding hydrogens is 414 g/mol. The normalized spacial score (nSPS) is 11.7. The van der Waals surface area contributed by atoms with Crippen molar-refractivity contribution in [2.45, 2.75) is 19.3 Å². The topological polar surface area (TPSA) is 87.5 Å². The van der Waals surface area contributed by atoms with E-state index in [9.17, 15) is 18.4 Å². The van der Waals surface area contributed by atoms with Gasteiger partial charge in [0, 0.05) is 25.3 Å². The minimum atomic E-state index is -1.83. The van der Waals surface area contributed by atoms with Gasteiger partial charge in [0.25, 0.3) is 5.91 Å². The molecule has 0 radical (unpaired) electrons. The molecule has 8 heteroatoms. The van der Waals surface area contributed by atoms with Gasteiger partial charge in [0.1, 0.15) is 5.82 Å². The Hall–Kier alpha value is -3.78. The van der Waals surface area contributed by atoms with Gasteiger partial charge in [0.05, 0.1) is 5.69 Å². The molecule has 3 aromatic rings. The molecule has 6 nitrogen and oxygen atoms in total. The summed E-state index contributed by atoms with van der Waals surface area (Å²) in [4.78, 5) is 25.3. The Morgan fingerprint density at radius 2 is 1.44 bits per heavy atom. The monoisotopic (exact) mass is 438 g/mol. The van der Waals surface area contributed by atoms with Gasteiger partial charge in [0.15, 0.2) is 6.17 Å². The van der Waals surface area contributed by atoms with Crippen LogP contribution in [0.3, 0.4) is 0 Å². The number of urea groups is 1. The van der Waals surface area contributed by atoms with Gasteiger partial charge in [-0.2, -0.15) is 0 Å². The van der Waals surface area contributed by atoms with Crippen molar-refractivity contribution >= 4 is 23.3 Å². The third-order valence-corrected chi connectivity index (χ3v) is 4.69. The van der Waals surface area contributed by atoms with Crippen LogP contribution in [0, 0.1) is 5.82 Å². The Morgan fingerprint density at radius 3 is 1.97 bits per heavy atom. The zero-order chi connectivity index (χ0) is 22.9. The van der Waals surface area contributed by atoms with Crippen LogP contribution in [0.15, 0.2) is 78.9 Å². The van der Waals surface area contributed by atoms with E-state index in [1.165, 1.54) is 12.1 Å². The van der Waals surface area contributed by atoms with Gasteiger partial charge in [-0.25, -0.2) is 13.6 Å². The summed E-state index contributed by atoms with van der Waals surface area (Å²) in [6, 6.07) is 21.7. The third-order valence-electron chi connectivity index (χ3n) is 4.69. The largest absolute Gasteiger partial charge is 0.351 e. The van der Waals surface area contributed by atoms with E-state index in [1.54, 1.807) is 0 Å². The minimum absolute atomic E-state index is 0.136. The van der Waals surface area contributed by atoms with Gasteiger partial charge in [-0.1, -0.05) is 60.7 Å². The Labute approximate surface area is 185 Å². The SMILES string of the molecule is NC(=O)Nc1cc(NC(=O)C(F)CN(Cc2ccccc2)Cc2ccccc2)ccc1F. The lowest BCUT2D eigenvalue weighted by Gasteiger charge is -2.24. The van der Waals surface area contributed by atoms with Crippen LogP contribution in [0.4, 0.5) is 25.0 Å². The van der Waals surface area contributed by atoms with Crippen molar-refractivity contribution in [1.82, 2.24) is 4.90 Å². The summed E-state index contributed by atoms with van der Waals surface area (Å²) in [5, 5.41) is 4.53. The van der Waals surface area contributed by atoms with Crippen LogP contribution in [0.1, 0.15) is 11.1 Å². The molecule has 166 valence electrons. The van der Waals surface area contributed by atoms with E-state index in [2.05, 4.69) is 10.6 Å². The summed E-state index contributed by atoms with van der Waals surface area (Å²) in [5.74, 6) is -1.59. The number of nitrogens with zero attached hydrogens (tertiary/aromatic N) is 1. The van der Waals surface area contributed by atoms with E-state index in [0.29, 0.717) is 13.1 Å². The number of hydrogen-bond acceptors (Lipinski definition) is 3. The lowest BCUT2D eigenvalue weighted by Crippen LogP contribution is -2.36. The molecule has 0 saturated heterocycles. The number of anilines is 2. The molecule has 0 aliphatic heterocycles. The molecule has 1 atom stereocenters. The number of carbonyl (C=O) groups is 2. The second kappa shape index (κ2) is 11.0. The fourth-order valence-electron chi connectivity index (χ4n) is 3.23. The quantitative estimate of drug-likeness (QED) is 0.466. The molecule has 32 heavy (non-hydrogen) atoms. The predicted octanol–water partition coefficient (Wildman–Crippen LogP) is 4.30. The van der Waals surface area contributed by atoms with E-state index < -0.39 is 23.9 Å². The Morgan fingerprint density at radius 1 is 0.875 bits per heavy atom. The summed E-state index contributed by atoms with van der Waals surface area (Å²) in [6.07, 6.45) is -1.83. The van der Waals surface area contributed by atoms with E-state index >= 15 is 0 Å². The molecular formula is C24H24F2N4O2. The third kappa shape index (κ3) is 6.88. The molecule has 3 rings (SSSR count). The molecule has 0 saturated carbocycles. The highest BCUT2D eigenvalue weighted by atomic mass is 19.1. The summed E-state index contributed by atoms with van der Waals surface area (Å²) in [6.45, 7) is 0.794. The first-order chi connectivity index (χ1) is 15.4. The molecule has 0 aliphatic rings. The van der Waals surface area contributed by atoms with Crippen molar-refractivity contribution in [2.24, 2.45) is 5.73 Å². The standard InChI is InChI=1S/C24H24F2N4O2/c25-20-12-11-19(13-22(20)29-24(27)32)28-23(31)21(26)16-30(14-17-7-3-1-4-8-17)15-18-9-5-2-6-10-18/h1-13,21H,14-16H2,(H,28,31)(H3,27,29,32). The van der Waals surface area contributed by atoms with Crippen molar-refractivity contribution < 1.29 is 18.4 Å². The van der Waals surface area contributed by atoms with Crippen molar-refractivity contribution in [1.29, 1.82) is 0 Å². The average Bonchev–Trinajstić information content (AvgIpc) is 2.77. The molecule has 4 N–H and O–H groups in total. The molecule has 0 aromatic heterocycles. The maximum atomic E-state index is 14.9. The summed E-state index contributed by atoms with van der Waals surface area (Å²) < 4.78 is 28.7. The Kier molecular flexibility index (Phi) is 7.88. The van der Waals surface area contributed by atoms with Gasteiger partial charge < -0.3 is 16.4 Å². The van der Waals surface area contributed by atoms with Crippen LogP contribution in [0.25, 0.3) is 0 Å². The molecule has 0 fully saturated rings. The minimum Gasteiger partial charge on any atom is -0.351 e. The average molecular weight is 438 g/mol. The van der Waals surface area contributed by atoms with Crippen molar-refractivity contribution in [2.75, 3.05) is 17.2 Å². The zero-order valence-corrected chi connectivity index (χ0v) is 17.3. The second-order valence-corrected chi connectivity index (χ2v) is 7.28. The number of halogens is 2. The fraction of sp³-hybridized carbons (Fsp3) is 0.167. The van der Waals surface area contributed by atoms with Crippen LogP contribution in [0.2, 0.25) is 0 Å². The van der Waals surface area contributed by atoms with E-state index in [4.69, 9.17) is 5.73 Å². The Balaban J connectivity index is 1.68.